The summed E-state index contributed by atoms with van der Waals surface area (Å²) in [6, 6.07) is 5.50. The van der Waals surface area contributed by atoms with E-state index in [0.29, 0.717) is 15.1 Å². The molecule has 0 N–H and O–H groups in total. The van der Waals surface area contributed by atoms with Crippen LogP contribution < -0.4 is 0 Å². The van der Waals surface area contributed by atoms with E-state index in [0.717, 1.165) is 14.7 Å². The Morgan fingerprint density at radius 1 is 1.06 bits per heavy atom. The minimum absolute atomic E-state index is 0.381. The first-order valence-corrected chi connectivity index (χ1v) is 6.55. The first-order valence-electron chi connectivity index (χ1n) is 4.34. The van der Waals surface area contributed by atoms with Crippen LogP contribution in [0, 0.1) is 3.57 Å². The van der Waals surface area contributed by atoms with Crippen LogP contribution in [0.15, 0.2) is 30.6 Å². The van der Waals surface area contributed by atoms with Crippen molar-refractivity contribution in [3.05, 3.63) is 49.2 Å². The quantitative estimate of drug-likeness (QED) is 0.479. The van der Waals surface area contributed by atoms with Crippen LogP contribution in [0.1, 0.15) is 0 Å². The Balaban J connectivity index is 2.62. The van der Waals surface area contributed by atoms with E-state index in [-0.39, 0.29) is 0 Å². The molecule has 5 heteroatoms. The summed E-state index contributed by atoms with van der Waals surface area (Å²) in [5.74, 6) is 0. The number of hydrogen-bond donors (Lipinski definition) is 0. The van der Waals surface area contributed by atoms with Crippen molar-refractivity contribution in [2.75, 3.05) is 0 Å². The Labute approximate surface area is 122 Å². The topological polar surface area (TPSA) is 12.9 Å². The zero-order chi connectivity index (χ0) is 11.7. The van der Waals surface area contributed by atoms with E-state index in [1.54, 1.807) is 24.5 Å². The molecule has 0 radical (unpaired) electrons. The Morgan fingerprint density at radius 2 is 1.69 bits per heavy atom. The first-order chi connectivity index (χ1) is 7.59. The van der Waals surface area contributed by atoms with Gasteiger partial charge in [0, 0.05) is 21.5 Å². The highest BCUT2D eigenvalue weighted by Crippen LogP contribution is 2.36. The van der Waals surface area contributed by atoms with Crippen LogP contribution in [-0.4, -0.2) is 4.98 Å². The second-order valence-electron chi connectivity index (χ2n) is 3.11. The van der Waals surface area contributed by atoms with Crippen LogP contribution >= 0.6 is 57.4 Å². The van der Waals surface area contributed by atoms with E-state index in [1.807, 2.05) is 6.07 Å². The molecule has 0 saturated heterocycles. The van der Waals surface area contributed by atoms with Gasteiger partial charge in [0.1, 0.15) is 0 Å². The van der Waals surface area contributed by atoms with Crippen molar-refractivity contribution in [3.8, 4) is 11.1 Å². The number of benzene rings is 1. The van der Waals surface area contributed by atoms with E-state index in [4.69, 9.17) is 34.8 Å². The van der Waals surface area contributed by atoms with Gasteiger partial charge in [0.2, 0.25) is 0 Å². The molecular weight excluding hydrogens is 379 g/mol. The SMILES string of the molecule is Clc1cc(-c2cnccc2I)cc(Cl)c1Cl. The van der Waals surface area contributed by atoms with Gasteiger partial charge in [-0.2, -0.15) is 0 Å². The van der Waals surface area contributed by atoms with E-state index >= 15 is 0 Å². The predicted molar refractivity (Wildman–Crippen MR) is 77.4 cm³/mol. The van der Waals surface area contributed by atoms with Crippen LogP contribution in [0.3, 0.4) is 0 Å². The molecular formula is C11H5Cl3IN. The van der Waals surface area contributed by atoms with Crippen molar-refractivity contribution < 1.29 is 0 Å². The lowest BCUT2D eigenvalue weighted by molar-refractivity contribution is 1.31. The molecule has 0 aliphatic rings. The molecule has 1 heterocycles. The number of aromatic nitrogens is 1. The minimum atomic E-state index is 0.381. The average molecular weight is 384 g/mol. The average Bonchev–Trinajstić information content (AvgIpc) is 2.26. The Hall–Kier alpha value is -0.0300. The van der Waals surface area contributed by atoms with E-state index in [2.05, 4.69) is 27.6 Å². The number of hydrogen-bond acceptors (Lipinski definition) is 1. The summed E-state index contributed by atoms with van der Waals surface area (Å²) in [5, 5.41) is 1.28. The monoisotopic (exact) mass is 383 g/mol. The molecule has 16 heavy (non-hydrogen) atoms. The highest BCUT2D eigenvalue weighted by Gasteiger charge is 2.09. The molecule has 0 amide bonds. The standard InChI is InChI=1S/C11H5Cl3IN/c12-8-3-6(4-9(13)11(8)14)7-5-16-2-1-10(7)15/h1-5H. The number of pyridine rings is 1. The van der Waals surface area contributed by atoms with Crippen molar-refractivity contribution >= 4 is 57.4 Å². The lowest BCUT2D eigenvalue weighted by Gasteiger charge is -2.07. The zero-order valence-electron chi connectivity index (χ0n) is 7.85. The van der Waals surface area contributed by atoms with Crippen LogP contribution in [0.4, 0.5) is 0 Å². The molecule has 1 nitrogen and oxygen atoms in total. The van der Waals surface area contributed by atoms with Gasteiger partial charge in [-0.25, -0.2) is 0 Å². The second kappa shape index (κ2) is 5.08. The summed E-state index contributed by atoms with van der Waals surface area (Å²) in [6.45, 7) is 0. The molecule has 0 aliphatic carbocycles. The fourth-order valence-electron chi connectivity index (χ4n) is 1.30. The van der Waals surface area contributed by atoms with E-state index < -0.39 is 0 Å². The number of nitrogens with zero attached hydrogens (tertiary/aromatic N) is 1. The van der Waals surface area contributed by atoms with Gasteiger partial charge in [0.05, 0.1) is 15.1 Å². The Bertz CT molecular complexity index is 519. The molecule has 0 atom stereocenters. The van der Waals surface area contributed by atoms with Gasteiger partial charge in [-0.15, -0.1) is 0 Å². The highest BCUT2D eigenvalue weighted by atomic mass is 127. The largest absolute Gasteiger partial charge is 0.264 e. The van der Waals surface area contributed by atoms with Gasteiger partial charge in [0.25, 0.3) is 0 Å². The Kier molecular flexibility index (Phi) is 3.95. The fourth-order valence-corrected chi connectivity index (χ4v) is 2.51. The summed E-state index contributed by atoms with van der Waals surface area (Å²) in [4.78, 5) is 4.08. The van der Waals surface area contributed by atoms with Crippen molar-refractivity contribution in [1.29, 1.82) is 0 Å². The molecule has 82 valence electrons. The molecule has 2 aromatic rings. The molecule has 0 fully saturated rings. The third kappa shape index (κ3) is 2.45. The maximum Gasteiger partial charge on any atom is 0.0778 e. The van der Waals surface area contributed by atoms with E-state index in [1.165, 1.54) is 0 Å². The molecule has 0 unspecified atom stereocenters. The van der Waals surface area contributed by atoms with Gasteiger partial charge in [-0.05, 0) is 46.4 Å². The van der Waals surface area contributed by atoms with Crippen LogP contribution in [0.25, 0.3) is 11.1 Å². The maximum absolute atomic E-state index is 5.98. The first kappa shape index (κ1) is 12.4. The van der Waals surface area contributed by atoms with E-state index in [9.17, 15) is 0 Å². The summed E-state index contributed by atoms with van der Waals surface area (Å²) in [6.07, 6.45) is 3.52. The fraction of sp³-hybridized carbons (Fsp3) is 0. The smallest absolute Gasteiger partial charge is 0.0778 e. The minimum Gasteiger partial charge on any atom is -0.264 e. The molecule has 1 aromatic heterocycles. The van der Waals surface area contributed by atoms with Gasteiger partial charge in [-0.1, -0.05) is 34.8 Å². The predicted octanol–water partition coefficient (Wildman–Crippen LogP) is 5.31. The molecule has 0 aliphatic heterocycles. The van der Waals surface area contributed by atoms with Gasteiger partial charge >= 0.3 is 0 Å². The summed E-state index contributed by atoms with van der Waals surface area (Å²) in [5.41, 5.74) is 1.90. The summed E-state index contributed by atoms with van der Waals surface area (Å²) in [7, 11) is 0. The Morgan fingerprint density at radius 3 is 2.25 bits per heavy atom. The molecule has 1 aromatic carbocycles. The zero-order valence-corrected chi connectivity index (χ0v) is 12.3. The second-order valence-corrected chi connectivity index (χ2v) is 5.46. The molecule has 2 rings (SSSR count). The molecule has 0 spiro atoms. The lowest BCUT2D eigenvalue weighted by Crippen LogP contribution is -1.85. The summed E-state index contributed by atoms with van der Waals surface area (Å²) < 4.78 is 1.09. The van der Waals surface area contributed by atoms with Crippen LogP contribution in [0.2, 0.25) is 15.1 Å². The normalized spacial score (nSPS) is 10.5. The summed E-state index contributed by atoms with van der Waals surface area (Å²) >= 11 is 20.1. The van der Waals surface area contributed by atoms with Crippen LogP contribution in [-0.2, 0) is 0 Å². The highest BCUT2D eigenvalue weighted by molar-refractivity contribution is 14.1. The number of rotatable bonds is 1. The van der Waals surface area contributed by atoms with Gasteiger partial charge in [0.15, 0.2) is 0 Å². The third-order valence-corrected chi connectivity index (χ3v) is 4.20. The third-order valence-electron chi connectivity index (χ3n) is 2.06. The van der Waals surface area contributed by atoms with Crippen molar-refractivity contribution in [2.24, 2.45) is 0 Å². The lowest BCUT2D eigenvalue weighted by atomic mass is 10.1. The van der Waals surface area contributed by atoms with Crippen molar-refractivity contribution in [3.63, 3.8) is 0 Å². The van der Waals surface area contributed by atoms with Gasteiger partial charge in [-0.3, -0.25) is 4.98 Å². The van der Waals surface area contributed by atoms with Crippen LogP contribution in [0.5, 0.6) is 0 Å². The number of halogens is 4. The van der Waals surface area contributed by atoms with Crippen molar-refractivity contribution in [1.82, 2.24) is 4.98 Å². The molecule has 0 saturated carbocycles. The van der Waals surface area contributed by atoms with Crippen molar-refractivity contribution in [2.45, 2.75) is 0 Å². The maximum atomic E-state index is 5.98. The molecule has 0 bridgehead atoms. The van der Waals surface area contributed by atoms with Gasteiger partial charge < -0.3 is 0 Å².